The second-order valence-corrected chi connectivity index (χ2v) is 8.80. The Morgan fingerprint density at radius 3 is 2.48 bits per heavy atom. The Balaban J connectivity index is 1.89. The molecule has 0 saturated heterocycles. The lowest BCUT2D eigenvalue weighted by Gasteiger charge is -2.22. The van der Waals surface area contributed by atoms with E-state index in [9.17, 15) is 20.0 Å². The lowest BCUT2D eigenvalue weighted by Crippen LogP contribution is -2.28. The number of benzene rings is 2. The summed E-state index contributed by atoms with van der Waals surface area (Å²) in [6.45, 7) is 5.95. The summed E-state index contributed by atoms with van der Waals surface area (Å²) in [5.74, 6) is -1.85. The van der Waals surface area contributed by atoms with Crippen LogP contribution in [0.2, 0.25) is 0 Å². The maximum absolute atomic E-state index is 12.6. The third-order valence-electron chi connectivity index (χ3n) is 6.53. The molecule has 3 rings (SSSR count). The molecule has 0 aromatic heterocycles. The van der Waals surface area contributed by atoms with Gasteiger partial charge < -0.3 is 14.6 Å². The lowest BCUT2D eigenvalue weighted by atomic mass is 9.78. The minimum Gasteiger partial charge on any atom is -0.481 e. The maximum Gasteiger partial charge on any atom is 0.330 e. The number of unbranched alkanes of at least 4 members (excludes halogenated alkanes) is 1. The van der Waals surface area contributed by atoms with Crippen molar-refractivity contribution in [1.82, 2.24) is 0 Å². The number of carbonyl (C=O) groups is 2. The van der Waals surface area contributed by atoms with Gasteiger partial charge in [-0.1, -0.05) is 63.6 Å². The predicted molar refractivity (Wildman–Crippen MR) is 124 cm³/mol. The zero-order chi connectivity index (χ0) is 24.1. The molecule has 2 aromatic rings. The van der Waals surface area contributed by atoms with E-state index in [1.54, 1.807) is 30.3 Å². The zero-order valence-corrected chi connectivity index (χ0v) is 19.2. The highest BCUT2D eigenvalue weighted by Crippen LogP contribution is 2.75. The summed E-state index contributed by atoms with van der Waals surface area (Å²) in [5, 5.41) is 20.4. The van der Waals surface area contributed by atoms with Crippen molar-refractivity contribution in [2.75, 3.05) is 6.61 Å². The highest BCUT2D eigenvalue weighted by atomic mass is 16.5. The molecule has 0 spiro atoms. The summed E-state index contributed by atoms with van der Waals surface area (Å²) in [7, 11) is 0. The fourth-order valence-corrected chi connectivity index (χ4v) is 4.68. The monoisotopic (exact) mass is 447 g/mol. The van der Waals surface area contributed by atoms with Crippen LogP contribution in [0.15, 0.2) is 66.7 Å². The van der Waals surface area contributed by atoms with E-state index >= 15 is 0 Å². The Bertz CT molecular complexity index is 1070. The van der Waals surface area contributed by atoms with E-state index in [1.807, 2.05) is 51.1 Å². The number of aliphatic carboxylic acids is 1. The number of hydrogen-bond donors (Lipinski definition) is 1. The molecule has 6 heteroatoms. The standard InChI is InChI=1S/C27H29NO5/c1-4-5-16-32-24(29)15-14-23-26(2,3)27(23,25(30)31)22(18-28)19-10-9-13-21(17-19)33-20-11-7-6-8-12-20/h6-15,17,22-23H,4-5,16H2,1-3H3,(H,30,31)/b15-14-/t22-,23-,27+/m0/s1. The Hall–Kier alpha value is -3.59. The predicted octanol–water partition coefficient (Wildman–Crippen LogP) is 5.71. The summed E-state index contributed by atoms with van der Waals surface area (Å²) in [6, 6.07) is 18.4. The van der Waals surface area contributed by atoms with Crippen LogP contribution in [0.25, 0.3) is 0 Å². The van der Waals surface area contributed by atoms with Crippen LogP contribution in [0.5, 0.6) is 11.5 Å². The van der Waals surface area contributed by atoms with E-state index in [4.69, 9.17) is 9.47 Å². The second kappa shape index (κ2) is 9.91. The maximum atomic E-state index is 12.6. The summed E-state index contributed by atoms with van der Waals surface area (Å²) < 4.78 is 11.0. The van der Waals surface area contributed by atoms with Gasteiger partial charge in [-0.05, 0) is 41.7 Å². The van der Waals surface area contributed by atoms with Crippen molar-refractivity contribution >= 4 is 11.9 Å². The number of carboxylic acids is 1. The third-order valence-corrected chi connectivity index (χ3v) is 6.53. The Morgan fingerprint density at radius 2 is 1.85 bits per heavy atom. The molecule has 0 unspecified atom stereocenters. The Kier molecular flexibility index (Phi) is 7.23. The van der Waals surface area contributed by atoms with Crippen LogP contribution in [0.1, 0.15) is 45.1 Å². The second-order valence-electron chi connectivity index (χ2n) is 8.80. The molecule has 2 aromatic carbocycles. The quantitative estimate of drug-likeness (QED) is 0.285. The van der Waals surface area contributed by atoms with Crippen LogP contribution >= 0.6 is 0 Å². The largest absolute Gasteiger partial charge is 0.481 e. The molecular weight excluding hydrogens is 418 g/mol. The number of nitrogens with zero attached hydrogens (tertiary/aromatic N) is 1. The van der Waals surface area contributed by atoms with Crippen LogP contribution in [0.4, 0.5) is 0 Å². The topological polar surface area (TPSA) is 96.6 Å². The van der Waals surface area contributed by atoms with Gasteiger partial charge in [-0.25, -0.2) is 4.79 Å². The molecular formula is C27H29NO5. The van der Waals surface area contributed by atoms with E-state index in [1.165, 1.54) is 6.08 Å². The molecule has 1 aliphatic carbocycles. The molecule has 0 aliphatic heterocycles. The summed E-state index contributed by atoms with van der Waals surface area (Å²) in [6.07, 6.45) is 4.55. The van der Waals surface area contributed by atoms with Crippen LogP contribution in [-0.2, 0) is 14.3 Å². The van der Waals surface area contributed by atoms with E-state index in [-0.39, 0.29) is 0 Å². The fourth-order valence-electron chi connectivity index (χ4n) is 4.68. The number of esters is 1. The molecule has 1 saturated carbocycles. The van der Waals surface area contributed by atoms with Crippen molar-refractivity contribution in [3.63, 3.8) is 0 Å². The van der Waals surface area contributed by atoms with Crippen LogP contribution in [0, 0.1) is 28.1 Å². The highest BCUT2D eigenvalue weighted by molar-refractivity contribution is 5.86. The van der Waals surface area contributed by atoms with Crippen LogP contribution in [-0.4, -0.2) is 23.7 Å². The number of ether oxygens (including phenoxy) is 2. The van der Waals surface area contributed by atoms with Crippen LogP contribution < -0.4 is 4.74 Å². The highest BCUT2D eigenvalue weighted by Gasteiger charge is 2.78. The Labute approximate surface area is 194 Å². The number of hydrogen-bond acceptors (Lipinski definition) is 5. The zero-order valence-electron chi connectivity index (χ0n) is 19.2. The van der Waals surface area contributed by atoms with Gasteiger partial charge in [0.15, 0.2) is 0 Å². The molecule has 0 bridgehead atoms. The Morgan fingerprint density at radius 1 is 1.15 bits per heavy atom. The molecule has 1 aliphatic rings. The molecule has 33 heavy (non-hydrogen) atoms. The first kappa shape index (κ1) is 24.1. The first-order chi connectivity index (χ1) is 15.8. The molecule has 1 fully saturated rings. The van der Waals surface area contributed by atoms with E-state index in [2.05, 4.69) is 6.07 Å². The number of carboxylic acid groups (broad SMARTS) is 1. The SMILES string of the molecule is CCCCOC(=O)/C=C\[C@H]1C(C)(C)[C@]1(C(=O)O)[C@@H](C#N)c1cccc(Oc2ccccc2)c1. The molecule has 0 heterocycles. The fraction of sp³-hybridized carbons (Fsp3) is 0.370. The number of carbonyl (C=O) groups excluding carboxylic acids is 1. The number of rotatable bonds is 10. The van der Waals surface area contributed by atoms with Crippen molar-refractivity contribution in [2.24, 2.45) is 16.7 Å². The number of allylic oxidation sites excluding steroid dienone is 1. The normalized spacial score (nSPS) is 21.7. The van der Waals surface area contributed by atoms with Crippen molar-refractivity contribution in [1.29, 1.82) is 5.26 Å². The van der Waals surface area contributed by atoms with Gasteiger partial charge in [0.1, 0.15) is 16.9 Å². The molecule has 0 radical (unpaired) electrons. The third kappa shape index (κ3) is 4.63. The van der Waals surface area contributed by atoms with Gasteiger partial charge in [-0.3, -0.25) is 4.79 Å². The average Bonchev–Trinajstić information content (AvgIpc) is 3.29. The summed E-state index contributed by atoms with van der Waals surface area (Å²) >= 11 is 0. The van der Waals surface area contributed by atoms with Crippen molar-refractivity contribution < 1.29 is 24.2 Å². The summed E-state index contributed by atoms with van der Waals surface area (Å²) in [4.78, 5) is 24.6. The molecule has 1 N–H and O–H groups in total. The first-order valence-corrected chi connectivity index (χ1v) is 11.1. The van der Waals surface area contributed by atoms with Gasteiger partial charge in [0, 0.05) is 12.0 Å². The molecule has 3 atom stereocenters. The number of nitriles is 1. The summed E-state index contributed by atoms with van der Waals surface area (Å²) in [5.41, 5.74) is -1.56. The molecule has 0 amide bonds. The van der Waals surface area contributed by atoms with Gasteiger partial charge >= 0.3 is 11.9 Å². The van der Waals surface area contributed by atoms with Gasteiger partial charge in [-0.15, -0.1) is 0 Å². The molecule has 6 nitrogen and oxygen atoms in total. The van der Waals surface area contributed by atoms with Crippen LogP contribution in [0.3, 0.4) is 0 Å². The van der Waals surface area contributed by atoms with Crippen molar-refractivity contribution in [2.45, 2.75) is 39.5 Å². The number of para-hydroxylation sites is 1. The minimum atomic E-state index is -1.38. The van der Waals surface area contributed by atoms with Gasteiger partial charge in [0.05, 0.1) is 18.6 Å². The minimum absolute atomic E-state index is 0.326. The van der Waals surface area contributed by atoms with Crippen molar-refractivity contribution in [3.8, 4) is 17.6 Å². The van der Waals surface area contributed by atoms with E-state index in [0.717, 1.165) is 12.8 Å². The van der Waals surface area contributed by atoms with Gasteiger partial charge in [0.25, 0.3) is 0 Å². The van der Waals surface area contributed by atoms with E-state index < -0.39 is 34.6 Å². The van der Waals surface area contributed by atoms with E-state index in [0.29, 0.717) is 23.7 Å². The average molecular weight is 448 g/mol. The van der Waals surface area contributed by atoms with Gasteiger partial charge in [0.2, 0.25) is 0 Å². The van der Waals surface area contributed by atoms with Crippen molar-refractivity contribution in [3.05, 3.63) is 72.3 Å². The molecule has 172 valence electrons. The lowest BCUT2D eigenvalue weighted by molar-refractivity contribution is -0.145. The smallest absolute Gasteiger partial charge is 0.330 e. The first-order valence-electron chi connectivity index (χ1n) is 11.1. The van der Waals surface area contributed by atoms with Gasteiger partial charge in [-0.2, -0.15) is 5.26 Å².